The van der Waals surface area contributed by atoms with Crippen molar-refractivity contribution in [1.82, 2.24) is 4.90 Å². The summed E-state index contributed by atoms with van der Waals surface area (Å²) in [5, 5.41) is 20.9. The molecule has 142 valence electrons. The van der Waals surface area contributed by atoms with Crippen LogP contribution in [0.3, 0.4) is 0 Å². The quantitative estimate of drug-likeness (QED) is 0.578. The summed E-state index contributed by atoms with van der Waals surface area (Å²) in [4.78, 5) is 36.7. The van der Waals surface area contributed by atoms with Crippen molar-refractivity contribution >= 4 is 17.6 Å². The van der Waals surface area contributed by atoms with Crippen LogP contribution in [-0.2, 0) is 9.53 Å². The van der Waals surface area contributed by atoms with Crippen molar-refractivity contribution in [3.63, 3.8) is 0 Å². The van der Waals surface area contributed by atoms with Crippen molar-refractivity contribution in [2.75, 3.05) is 33.4 Å². The number of piperidine rings is 1. The number of nitro benzene ring substituents is 1. The monoisotopic (exact) mass is 366 g/mol. The minimum Gasteiger partial charge on any atom is -0.494 e. The molecule has 1 atom stereocenters. The Bertz CT molecular complexity index is 702. The van der Waals surface area contributed by atoms with E-state index >= 15 is 0 Å². The number of carbonyl (C=O) groups excluding carboxylic acids is 1. The zero-order chi connectivity index (χ0) is 19.3. The summed E-state index contributed by atoms with van der Waals surface area (Å²) in [5.41, 5.74) is -1.66. The van der Waals surface area contributed by atoms with Crippen LogP contribution in [0.15, 0.2) is 18.2 Å². The van der Waals surface area contributed by atoms with Gasteiger partial charge < -0.3 is 19.5 Å². The molecular weight excluding hydrogens is 344 g/mol. The number of rotatable bonds is 7. The number of nitrogens with zero attached hydrogens (tertiary/aromatic N) is 2. The molecule has 0 bridgehead atoms. The molecule has 26 heavy (non-hydrogen) atoms. The van der Waals surface area contributed by atoms with E-state index in [1.807, 2.05) is 0 Å². The van der Waals surface area contributed by atoms with Gasteiger partial charge >= 0.3 is 5.97 Å². The molecule has 0 aromatic heterocycles. The summed E-state index contributed by atoms with van der Waals surface area (Å²) in [6, 6.07) is 3.99. The lowest BCUT2D eigenvalue weighted by Gasteiger charge is -2.39. The Morgan fingerprint density at radius 1 is 1.42 bits per heavy atom. The van der Waals surface area contributed by atoms with Crippen molar-refractivity contribution in [1.29, 1.82) is 0 Å². The highest BCUT2D eigenvalue weighted by atomic mass is 16.6. The van der Waals surface area contributed by atoms with E-state index in [2.05, 4.69) is 0 Å². The minimum atomic E-state index is -1.21. The van der Waals surface area contributed by atoms with Gasteiger partial charge in [-0.2, -0.15) is 0 Å². The first kappa shape index (κ1) is 19.6. The second-order valence-electron chi connectivity index (χ2n) is 6.22. The molecule has 9 nitrogen and oxygen atoms in total. The molecular formula is C17H22N2O7. The first-order chi connectivity index (χ1) is 12.3. The second kappa shape index (κ2) is 8.13. The van der Waals surface area contributed by atoms with Crippen LogP contribution in [-0.4, -0.2) is 60.2 Å². The van der Waals surface area contributed by atoms with Crippen molar-refractivity contribution in [3.05, 3.63) is 33.9 Å². The molecule has 1 amide bonds. The lowest BCUT2D eigenvalue weighted by atomic mass is 9.80. The summed E-state index contributed by atoms with van der Waals surface area (Å²) in [6.45, 7) is 2.34. The van der Waals surface area contributed by atoms with Crippen LogP contribution in [0.2, 0.25) is 0 Å². The minimum absolute atomic E-state index is 0.0345. The van der Waals surface area contributed by atoms with Gasteiger partial charge in [-0.25, -0.2) is 0 Å². The van der Waals surface area contributed by atoms with Gasteiger partial charge in [0.1, 0.15) is 16.7 Å². The van der Waals surface area contributed by atoms with Crippen LogP contribution in [0.25, 0.3) is 0 Å². The highest BCUT2D eigenvalue weighted by molar-refractivity contribution is 5.99. The smallest absolute Gasteiger partial charge is 0.313 e. The molecule has 1 unspecified atom stereocenters. The SMILES string of the molecule is CCOc1ccc([N+](=O)[O-])c(C(=O)N2CCCC(COC)(C(=O)O)C2)c1. The van der Waals surface area contributed by atoms with Crippen LogP contribution < -0.4 is 4.74 Å². The van der Waals surface area contributed by atoms with E-state index in [-0.39, 0.29) is 24.4 Å². The maximum Gasteiger partial charge on any atom is 0.313 e. The molecule has 1 saturated heterocycles. The average Bonchev–Trinajstić information content (AvgIpc) is 2.61. The van der Waals surface area contributed by atoms with E-state index in [0.29, 0.717) is 31.7 Å². The molecule has 1 aliphatic heterocycles. The fourth-order valence-corrected chi connectivity index (χ4v) is 3.21. The molecule has 0 aliphatic carbocycles. The second-order valence-corrected chi connectivity index (χ2v) is 6.22. The van der Waals surface area contributed by atoms with E-state index in [4.69, 9.17) is 9.47 Å². The molecule has 0 saturated carbocycles. The highest BCUT2D eigenvalue weighted by Crippen LogP contribution is 2.33. The number of ether oxygens (including phenoxy) is 2. The molecule has 1 aliphatic rings. The van der Waals surface area contributed by atoms with Gasteiger partial charge in [0.2, 0.25) is 0 Å². The van der Waals surface area contributed by atoms with E-state index in [0.717, 1.165) is 0 Å². The van der Waals surface area contributed by atoms with Gasteiger partial charge in [-0.3, -0.25) is 19.7 Å². The Balaban J connectivity index is 2.36. The van der Waals surface area contributed by atoms with E-state index in [9.17, 15) is 24.8 Å². The number of methoxy groups -OCH3 is 1. The number of carboxylic acid groups (broad SMARTS) is 1. The number of carboxylic acids is 1. The molecule has 0 spiro atoms. The molecule has 1 aromatic carbocycles. The number of aliphatic carboxylic acids is 1. The average molecular weight is 366 g/mol. The third-order valence-corrected chi connectivity index (χ3v) is 4.44. The Labute approximate surface area is 150 Å². The van der Waals surface area contributed by atoms with Crippen molar-refractivity contribution in [2.45, 2.75) is 19.8 Å². The van der Waals surface area contributed by atoms with Crippen LogP contribution in [0.5, 0.6) is 5.75 Å². The molecule has 0 radical (unpaired) electrons. The van der Waals surface area contributed by atoms with Gasteiger partial charge in [0.25, 0.3) is 11.6 Å². The predicted octanol–water partition coefficient (Wildman–Crippen LogP) is 1.95. The van der Waals surface area contributed by atoms with Gasteiger partial charge in [-0.05, 0) is 31.9 Å². The predicted molar refractivity (Wildman–Crippen MR) is 91.3 cm³/mol. The molecule has 9 heteroatoms. The summed E-state index contributed by atoms with van der Waals surface area (Å²) in [5.74, 6) is -1.28. The van der Waals surface area contributed by atoms with Gasteiger partial charge in [0.15, 0.2) is 0 Å². The first-order valence-electron chi connectivity index (χ1n) is 8.27. The first-order valence-corrected chi connectivity index (χ1v) is 8.27. The third kappa shape index (κ3) is 3.93. The van der Waals surface area contributed by atoms with Crippen LogP contribution in [0.4, 0.5) is 5.69 Å². The van der Waals surface area contributed by atoms with Crippen LogP contribution >= 0.6 is 0 Å². The zero-order valence-electron chi connectivity index (χ0n) is 14.8. The van der Waals surface area contributed by atoms with Crippen LogP contribution in [0, 0.1) is 15.5 Å². The van der Waals surface area contributed by atoms with Crippen molar-refractivity contribution in [2.24, 2.45) is 5.41 Å². The summed E-state index contributed by atoms with van der Waals surface area (Å²) < 4.78 is 10.4. The van der Waals surface area contributed by atoms with Gasteiger partial charge in [0.05, 0.1) is 18.1 Å². The lowest BCUT2D eigenvalue weighted by Crippen LogP contribution is -2.52. The van der Waals surface area contributed by atoms with Gasteiger partial charge in [0, 0.05) is 26.3 Å². The Kier molecular flexibility index (Phi) is 6.14. The summed E-state index contributed by atoms with van der Waals surface area (Å²) in [7, 11) is 1.40. The Morgan fingerprint density at radius 3 is 2.73 bits per heavy atom. The van der Waals surface area contributed by atoms with E-state index in [1.54, 1.807) is 6.92 Å². The molecule has 1 N–H and O–H groups in total. The third-order valence-electron chi connectivity index (χ3n) is 4.44. The summed E-state index contributed by atoms with van der Waals surface area (Å²) in [6.07, 6.45) is 0.849. The Morgan fingerprint density at radius 2 is 2.15 bits per heavy atom. The highest BCUT2D eigenvalue weighted by Gasteiger charge is 2.44. The molecule has 1 heterocycles. The maximum atomic E-state index is 12.9. The number of hydrogen-bond donors (Lipinski definition) is 1. The number of likely N-dealkylation sites (tertiary alicyclic amines) is 1. The Hall–Kier alpha value is -2.68. The lowest BCUT2D eigenvalue weighted by molar-refractivity contribution is -0.385. The fraction of sp³-hybridized carbons (Fsp3) is 0.529. The van der Waals surface area contributed by atoms with Crippen molar-refractivity contribution in [3.8, 4) is 5.75 Å². The number of nitro groups is 1. The van der Waals surface area contributed by atoms with Crippen molar-refractivity contribution < 1.29 is 29.1 Å². The molecule has 1 aromatic rings. The molecule has 2 rings (SSSR count). The van der Waals surface area contributed by atoms with Crippen LogP contribution in [0.1, 0.15) is 30.1 Å². The van der Waals surface area contributed by atoms with E-state index < -0.39 is 22.2 Å². The standard InChI is InChI=1S/C17H22N2O7/c1-3-26-12-5-6-14(19(23)24)13(9-12)15(20)18-8-4-7-17(10-18,11-25-2)16(21)22/h5-6,9H,3-4,7-8,10-11H2,1-2H3,(H,21,22). The van der Waals surface area contributed by atoms with Gasteiger partial charge in [-0.1, -0.05) is 0 Å². The number of carbonyl (C=O) groups is 2. The normalized spacial score (nSPS) is 19.8. The largest absolute Gasteiger partial charge is 0.494 e. The maximum absolute atomic E-state index is 12.9. The topological polar surface area (TPSA) is 119 Å². The number of benzene rings is 1. The van der Waals surface area contributed by atoms with Gasteiger partial charge in [-0.15, -0.1) is 0 Å². The van der Waals surface area contributed by atoms with E-state index in [1.165, 1.54) is 30.2 Å². The summed E-state index contributed by atoms with van der Waals surface area (Å²) >= 11 is 0. The fourth-order valence-electron chi connectivity index (χ4n) is 3.21. The molecule has 1 fully saturated rings. The zero-order valence-corrected chi connectivity index (χ0v) is 14.8. The number of amides is 1. The number of hydrogen-bond acceptors (Lipinski definition) is 6.